The summed E-state index contributed by atoms with van der Waals surface area (Å²) in [6.45, 7) is 0.263. The predicted molar refractivity (Wildman–Crippen MR) is 99.5 cm³/mol. The van der Waals surface area contributed by atoms with Gasteiger partial charge in [-0.15, -0.1) is 11.6 Å². The molecule has 27 heavy (non-hydrogen) atoms. The highest BCUT2D eigenvalue weighted by molar-refractivity contribution is 6.22. The van der Waals surface area contributed by atoms with Crippen molar-refractivity contribution in [2.75, 3.05) is 13.2 Å². The van der Waals surface area contributed by atoms with Gasteiger partial charge in [0.1, 0.15) is 24.8 Å². The van der Waals surface area contributed by atoms with Crippen LogP contribution < -0.4 is 5.32 Å². The molecule has 2 saturated heterocycles. The molecule has 7 heteroatoms. The number of amides is 2. The molecule has 1 saturated carbocycles. The van der Waals surface area contributed by atoms with E-state index >= 15 is 0 Å². The third-order valence-corrected chi connectivity index (χ3v) is 6.25. The van der Waals surface area contributed by atoms with Crippen LogP contribution in [0.3, 0.4) is 0 Å². The summed E-state index contributed by atoms with van der Waals surface area (Å²) in [4.78, 5) is 39.8. The summed E-state index contributed by atoms with van der Waals surface area (Å²) in [5.41, 5.74) is 0.517. The molecular weight excluding hydrogens is 368 g/mol. The van der Waals surface area contributed by atoms with Crippen LogP contribution in [-0.4, -0.2) is 59.2 Å². The number of hydrogen-bond donors (Lipinski definition) is 1. The van der Waals surface area contributed by atoms with Gasteiger partial charge in [-0.1, -0.05) is 31.0 Å². The number of likely N-dealkylation sites (tertiary alicyclic amines) is 1. The molecule has 6 nitrogen and oxygen atoms in total. The summed E-state index contributed by atoms with van der Waals surface area (Å²) in [6.07, 6.45) is 3.42. The highest BCUT2D eigenvalue weighted by Gasteiger charge is 2.53. The largest absolute Gasteiger partial charge is 0.366 e. The topological polar surface area (TPSA) is 75.7 Å². The number of rotatable bonds is 4. The van der Waals surface area contributed by atoms with Crippen molar-refractivity contribution >= 4 is 29.2 Å². The van der Waals surface area contributed by atoms with Crippen LogP contribution in [0.2, 0.25) is 0 Å². The number of benzene rings is 1. The zero-order valence-electron chi connectivity index (χ0n) is 15.0. The molecule has 0 radical (unpaired) electrons. The van der Waals surface area contributed by atoms with Crippen LogP contribution in [0.1, 0.15) is 36.0 Å². The molecule has 0 unspecified atom stereocenters. The highest BCUT2D eigenvalue weighted by Crippen LogP contribution is 2.34. The second-order valence-corrected chi connectivity index (χ2v) is 8.12. The average Bonchev–Trinajstić information content (AvgIpc) is 3.40. The zero-order chi connectivity index (χ0) is 19.0. The molecule has 4 rings (SSSR count). The van der Waals surface area contributed by atoms with Gasteiger partial charge in [0, 0.05) is 12.1 Å². The number of alkyl halides is 1. The van der Waals surface area contributed by atoms with E-state index in [1.807, 2.05) is 6.07 Å². The molecule has 0 bridgehead atoms. The van der Waals surface area contributed by atoms with E-state index in [4.69, 9.17) is 16.3 Å². The van der Waals surface area contributed by atoms with Gasteiger partial charge < -0.3 is 15.0 Å². The Balaban J connectivity index is 1.56. The van der Waals surface area contributed by atoms with Crippen molar-refractivity contribution in [2.24, 2.45) is 5.92 Å². The lowest BCUT2D eigenvalue weighted by molar-refractivity contribution is -0.139. The van der Waals surface area contributed by atoms with Crippen molar-refractivity contribution in [2.45, 2.75) is 49.2 Å². The number of carbonyl (C=O) groups is 3. The fourth-order valence-corrected chi connectivity index (χ4v) is 4.85. The third-order valence-electron chi connectivity index (χ3n) is 5.87. The quantitative estimate of drug-likeness (QED) is 0.795. The van der Waals surface area contributed by atoms with Gasteiger partial charge in [0.15, 0.2) is 5.78 Å². The summed E-state index contributed by atoms with van der Waals surface area (Å²) in [5, 5.41) is 2.53. The third kappa shape index (κ3) is 3.48. The molecule has 1 aromatic carbocycles. The molecule has 3 aliphatic rings. The second-order valence-electron chi connectivity index (χ2n) is 7.56. The maximum atomic E-state index is 13.4. The van der Waals surface area contributed by atoms with E-state index in [2.05, 4.69) is 5.32 Å². The summed E-state index contributed by atoms with van der Waals surface area (Å²) >= 11 is 6.32. The van der Waals surface area contributed by atoms with Gasteiger partial charge in [0.05, 0.1) is 5.38 Å². The predicted octanol–water partition coefficient (Wildman–Crippen LogP) is 1.76. The number of nitrogens with zero attached hydrogens (tertiary/aromatic N) is 1. The SMILES string of the molecule is O=C(N[C@H](C(=O)N1C[C@H](Cl)[C@H]2OCC(=O)[C@H]21)C1CCCC1)c1ccccc1. The van der Waals surface area contributed by atoms with Crippen LogP contribution in [0, 0.1) is 5.92 Å². The zero-order valence-corrected chi connectivity index (χ0v) is 15.7. The Hall–Kier alpha value is -1.92. The molecular formula is C20H23ClN2O4. The number of nitrogens with one attached hydrogen (secondary N) is 1. The number of Topliss-reactive ketones (excluding diaryl/α,β-unsaturated/α-hetero) is 1. The summed E-state index contributed by atoms with van der Waals surface area (Å²) in [6, 6.07) is 7.60. The van der Waals surface area contributed by atoms with E-state index < -0.39 is 23.6 Å². The van der Waals surface area contributed by atoms with Gasteiger partial charge in [0.25, 0.3) is 5.91 Å². The van der Waals surface area contributed by atoms with Crippen LogP contribution in [-0.2, 0) is 14.3 Å². The fourth-order valence-electron chi connectivity index (χ4n) is 4.49. The van der Waals surface area contributed by atoms with Crippen LogP contribution in [0.4, 0.5) is 0 Å². The Kier molecular flexibility index (Phi) is 5.19. The Morgan fingerprint density at radius 1 is 1.19 bits per heavy atom. The van der Waals surface area contributed by atoms with Crippen molar-refractivity contribution in [3.63, 3.8) is 0 Å². The first-order valence-corrected chi connectivity index (χ1v) is 9.94. The standard InChI is InChI=1S/C20H23ClN2O4/c21-14-10-23(17-15(24)11-27-18(14)17)20(26)16(12-6-4-5-7-12)22-19(25)13-8-2-1-3-9-13/h1-3,8-9,12,14,16-18H,4-7,10-11H2,(H,22,25)/t14-,16-,17+,18+/m0/s1. The summed E-state index contributed by atoms with van der Waals surface area (Å²) < 4.78 is 5.47. The van der Waals surface area contributed by atoms with Crippen LogP contribution in [0.25, 0.3) is 0 Å². The second kappa shape index (κ2) is 7.60. The summed E-state index contributed by atoms with van der Waals surface area (Å²) in [5.74, 6) is -0.525. The van der Waals surface area contributed by atoms with Crippen LogP contribution in [0.5, 0.6) is 0 Å². The molecule has 0 aromatic heterocycles. The minimum atomic E-state index is -0.642. The fraction of sp³-hybridized carbons (Fsp3) is 0.550. The lowest BCUT2D eigenvalue weighted by Crippen LogP contribution is -2.54. The molecule has 144 valence electrons. The van der Waals surface area contributed by atoms with E-state index in [9.17, 15) is 14.4 Å². The molecule has 2 amide bonds. The first-order valence-electron chi connectivity index (χ1n) is 9.51. The molecule has 1 aromatic rings. The van der Waals surface area contributed by atoms with Gasteiger partial charge in [-0.25, -0.2) is 0 Å². The van der Waals surface area contributed by atoms with Gasteiger partial charge in [-0.05, 0) is 30.9 Å². The Labute approximate surface area is 163 Å². The molecule has 3 fully saturated rings. The maximum Gasteiger partial charge on any atom is 0.251 e. The van der Waals surface area contributed by atoms with Crippen molar-refractivity contribution < 1.29 is 19.1 Å². The number of halogens is 1. The monoisotopic (exact) mass is 390 g/mol. The first kappa shape index (κ1) is 18.4. The van der Waals surface area contributed by atoms with E-state index in [1.54, 1.807) is 24.3 Å². The Bertz CT molecular complexity index is 735. The van der Waals surface area contributed by atoms with Gasteiger partial charge in [0.2, 0.25) is 5.91 Å². The highest BCUT2D eigenvalue weighted by atomic mass is 35.5. The van der Waals surface area contributed by atoms with E-state index in [0.29, 0.717) is 5.56 Å². The molecule has 2 heterocycles. The van der Waals surface area contributed by atoms with Gasteiger partial charge in [-0.3, -0.25) is 14.4 Å². The lowest BCUT2D eigenvalue weighted by Gasteiger charge is -2.30. The number of ether oxygens (including phenoxy) is 1. The van der Waals surface area contributed by atoms with E-state index in [1.165, 1.54) is 4.90 Å². The minimum absolute atomic E-state index is 0.00714. The minimum Gasteiger partial charge on any atom is -0.366 e. The number of hydrogen-bond acceptors (Lipinski definition) is 4. The molecule has 2 aliphatic heterocycles. The normalized spacial score (nSPS) is 29.0. The molecule has 4 atom stereocenters. The van der Waals surface area contributed by atoms with E-state index in [-0.39, 0.29) is 36.7 Å². The number of fused-ring (bicyclic) bond motifs is 1. The van der Waals surface area contributed by atoms with Gasteiger partial charge in [-0.2, -0.15) is 0 Å². The van der Waals surface area contributed by atoms with Gasteiger partial charge >= 0.3 is 0 Å². The lowest BCUT2D eigenvalue weighted by atomic mass is 9.95. The summed E-state index contributed by atoms with van der Waals surface area (Å²) in [7, 11) is 0. The average molecular weight is 391 g/mol. The first-order chi connectivity index (χ1) is 13.1. The Morgan fingerprint density at radius 3 is 2.59 bits per heavy atom. The maximum absolute atomic E-state index is 13.4. The van der Waals surface area contributed by atoms with Crippen LogP contribution in [0.15, 0.2) is 30.3 Å². The smallest absolute Gasteiger partial charge is 0.251 e. The molecule has 1 N–H and O–H groups in total. The van der Waals surface area contributed by atoms with Crippen molar-refractivity contribution in [1.29, 1.82) is 0 Å². The van der Waals surface area contributed by atoms with Crippen molar-refractivity contribution in [3.05, 3.63) is 35.9 Å². The Morgan fingerprint density at radius 2 is 1.89 bits per heavy atom. The number of carbonyl (C=O) groups excluding carboxylic acids is 3. The molecule has 1 aliphatic carbocycles. The van der Waals surface area contributed by atoms with Crippen LogP contribution >= 0.6 is 11.6 Å². The van der Waals surface area contributed by atoms with Crippen molar-refractivity contribution in [1.82, 2.24) is 10.2 Å². The van der Waals surface area contributed by atoms with E-state index in [0.717, 1.165) is 25.7 Å². The number of ketones is 1. The molecule has 0 spiro atoms. The van der Waals surface area contributed by atoms with Crippen molar-refractivity contribution in [3.8, 4) is 0 Å².